The van der Waals surface area contributed by atoms with Gasteiger partial charge in [0.1, 0.15) is 12.4 Å². The fourth-order valence-corrected chi connectivity index (χ4v) is 3.25. The lowest BCUT2D eigenvalue weighted by atomic mass is 9.93. The van der Waals surface area contributed by atoms with Crippen LogP contribution in [0.15, 0.2) is 55.1 Å². The van der Waals surface area contributed by atoms with Crippen LogP contribution in [-0.2, 0) is 16.0 Å². The van der Waals surface area contributed by atoms with Crippen molar-refractivity contribution < 1.29 is 14.3 Å². The van der Waals surface area contributed by atoms with Gasteiger partial charge in [0.15, 0.2) is 0 Å². The van der Waals surface area contributed by atoms with Gasteiger partial charge in [-0.2, -0.15) is 0 Å². The number of hydrogen-bond donors (Lipinski definition) is 1. The Balaban J connectivity index is 1.83. The molecule has 1 N–H and O–H groups in total. The SMILES string of the molecule is C=CCN1C(=O)C(C)(C)COc2ccc(NC(=O)Cc3cccc(C)c3)cc21. The summed E-state index contributed by atoms with van der Waals surface area (Å²) >= 11 is 0. The van der Waals surface area contributed by atoms with Crippen molar-refractivity contribution in [1.82, 2.24) is 0 Å². The minimum Gasteiger partial charge on any atom is -0.490 e. The van der Waals surface area contributed by atoms with Crippen molar-refractivity contribution in [2.24, 2.45) is 5.41 Å². The Hall–Kier alpha value is -3.08. The highest BCUT2D eigenvalue weighted by molar-refractivity contribution is 6.01. The lowest BCUT2D eigenvalue weighted by Crippen LogP contribution is -2.42. The number of aryl methyl sites for hydroxylation is 1. The predicted molar refractivity (Wildman–Crippen MR) is 112 cm³/mol. The van der Waals surface area contributed by atoms with Crippen LogP contribution in [0, 0.1) is 12.3 Å². The van der Waals surface area contributed by atoms with Crippen molar-refractivity contribution in [2.75, 3.05) is 23.4 Å². The Labute approximate surface area is 166 Å². The van der Waals surface area contributed by atoms with E-state index in [4.69, 9.17) is 4.74 Å². The first-order valence-electron chi connectivity index (χ1n) is 9.35. The summed E-state index contributed by atoms with van der Waals surface area (Å²) in [5.74, 6) is 0.480. The van der Waals surface area contributed by atoms with Gasteiger partial charge in [-0.3, -0.25) is 9.59 Å². The highest BCUT2D eigenvalue weighted by Crippen LogP contribution is 2.38. The van der Waals surface area contributed by atoms with Crippen LogP contribution >= 0.6 is 0 Å². The van der Waals surface area contributed by atoms with Gasteiger partial charge < -0.3 is 15.0 Å². The number of carbonyl (C=O) groups is 2. The molecule has 0 aromatic heterocycles. The maximum atomic E-state index is 12.9. The fourth-order valence-electron chi connectivity index (χ4n) is 3.25. The standard InChI is InChI=1S/C23H26N2O3/c1-5-11-25-19-14-18(9-10-20(19)28-15-23(3,4)22(25)27)24-21(26)13-17-8-6-7-16(2)12-17/h5-10,12,14H,1,11,13,15H2,2-4H3,(H,24,26). The third-order valence-corrected chi connectivity index (χ3v) is 4.70. The van der Waals surface area contributed by atoms with Crippen LogP contribution in [0.2, 0.25) is 0 Å². The van der Waals surface area contributed by atoms with E-state index in [0.717, 1.165) is 11.1 Å². The first-order chi connectivity index (χ1) is 13.3. The van der Waals surface area contributed by atoms with E-state index in [9.17, 15) is 9.59 Å². The molecule has 1 aliphatic heterocycles. The fraction of sp³-hybridized carbons (Fsp3) is 0.304. The molecule has 0 unspecified atom stereocenters. The number of carbonyl (C=O) groups excluding carboxylic acids is 2. The van der Waals surface area contributed by atoms with Gasteiger partial charge in [-0.1, -0.05) is 35.9 Å². The lowest BCUT2D eigenvalue weighted by molar-refractivity contribution is -0.127. The molecule has 0 fully saturated rings. The van der Waals surface area contributed by atoms with Gasteiger partial charge in [0, 0.05) is 12.2 Å². The van der Waals surface area contributed by atoms with E-state index in [1.807, 2.05) is 45.0 Å². The highest BCUT2D eigenvalue weighted by Gasteiger charge is 2.37. The third kappa shape index (κ3) is 4.25. The van der Waals surface area contributed by atoms with Crippen LogP contribution in [0.5, 0.6) is 5.75 Å². The molecule has 0 saturated carbocycles. The molecule has 5 heteroatoms. The minimum absolute atomic E-state index is 0.0330. The van der Waals surface area contributed by atoms with E-state index in [0.29, 0.717) is 30.3 Å². The second-order valence-corrected chi connectivity index (χ2v) is 7.77. The average molecular weight is 378 g/mol. The Kier molecular flexibility index (Phi) is 5.54. The molecule has 2 amide bonds. The number of amides is 2. The van der Waals surface area contributed by atoms with Gasteiger partial charge in [0.2, 0.25) is 11.8 Å². The van der Waals surface area contributed by atoms with E-state index in [-0.39, 0.29) is 18.2 Å². The van der Waals surface area contributed by atoms with Crippen molar-refractivity contribution in [3.8, 4) is 5.75 Å². The molecular formula is C23H26N2O3. The number of hydrogen-bond acceptors (Lipinski definition) is 3. The summed E-state index contributed by atoms with van der Waals surface area (Å²) in [6.07, 6.45) is 1.98. The van der Waals surface area contributed by atoms with Gasteiger partial charge in [-0.15, -0.1) is 6.58 Å². The van der Waals surface area contributed by atoms with E-state index < -0.39 is 5.41 Å². The normalized spacial score (nSPS) is 15.2. The molecule has 1 heterocycles. The van der Waals surface area contributed by atoms with Crippen LogP contribution in [0.4, 0.5) is 11.4 Å². The Morgan fingerprint density at radius 2 is 2.07 bits per heavy atom. The van der Waals surface area contributed by atoms with Crippen LogP contribution in [0.25, 0.3) is 0 Å². The lowest BCUT2D eigenvalue weighted by Gasteiger charge is -2.27. The molecule has 0 aliphatic carbocycles. The number of benzene rings is 2. The van der Waals surface area contributed by atoms with Gasteiger partial charge in [-0.05, 0) is 44.5 Å². The molecular weight excluding hydrogens is 352 g/mol. The van der Waals surface area contributed by atoms with Crippen LogP contribution in [0.1, 0.15) is 25.0 Å². The van der Waals surface area contributed by atoms with E-state index in [1.165, 1.54) is 0 Å². The van der Waals surface area contributed by atoms with E-state index in [1.54, 1.807) is 29.2 Å². The Bertz CT molecular complexity index is 918. The molecule has 2 aromatic rings. The Morgan fingerprint density at radius 3 is 2.79 bits per heavy atom. The Morgan fingerprint density at radius 1 is 1.29 bits per heavy atom. The summed E-state index contributed by atoms with van der Waals surface area (Å²) in [5.41, 5.74) is 2.70. The van der Waals surface area contributed by atoms with E-state index >= 15 is 0 Å². The van der Waals surface area contributed by atoms with Crippen LogP contribution in [0.3, 0.4) is 0 Å². The second-order valence-electron chi connectivity index (χ2n) is 7.77. The van der Waals surface area contributed by atoms with Gasteiger partial charge in [-0.25, -0.2) is 0 Å². The number of fused-ring (bicyclic) bond motifs is 1. The van der Waals surface area contributed by atoms with Gasteiger partial charge >= 0.3 is 0 Å². The summed E-state index contributed by atoms with van der Waals surface area (Å²) < 4.78 is 5.87. The van der Waals surface area contributed by atoms with Crippen molar-refractivity contribution in [1.29, 1.82) is 0 Å². The molecule has 0 radical (unpaired) electrons. The zero-order chi connectivity index (χ0) is 20.3. The second kappa shape index (κ2) is 7.89. The van der Waals surface area contributed by atoms with E-state index in [2.05, 4.69) is 11.9 Å². The summed E-state index contributed by atoms with van der Waals surface area (Å²) in [7, 11) is 0. The zero-order valence-electron chi connectivity index (χ0n) is 16.6. The number of rotatable bonds is 5. The van der Waals surface area contributed by atoms with Crippen LogP contribution in [-0.4, -0.2) is 25.0 Å². The zero-order valence-corrected chi connectivity index (χ0v) is 16.6. The quantitative estimate of drug-likeness (QED) is 0.797. The first kappa shape index (κ1) is 19.7. The monoisotopic (exact) mass is 378 g/mol. The van der Waals surface area contributed by atoms with Crippen molar-refractivity contribution in [3.05, 3.63) is 66.2 Å². The summed E-state index contributed by atoms with van der Waals surface area (Å²) in [6.45, 7) is 10.2. The molecule has 0 spiro atoms. The molecule has 146 valence electrons. The molecule has 28 heavy (non-hydrogen) atoms. The number of nitrogens with zero attached hydrogens (tertiary/aromatic N) is 1. The number of ether oxygens (including phenoxy) is 1. The molecule has 3 rings (SSSR count). The summed E-state index contributed by atoms with van der Waals surface area (Å²) in [5, 5.41) is 2.92. The van der Waals surface area contributed by atoms with Crippen molar-refractivity contribution in [2.45, 2.75) is 27.2 Å². The predicted octanol–water partition coefficient (Wildman–Crippen LogP) is 4.11. The minimum atomic E-state index is -0.642. The largest absolute Gasteiger partial charge is 0.490 e. The molecule has 0 atom stereocenters. The topological polar surface area (TPSA) is 58.6 Å². The maximum absolute atomic E-state index is 12.9. The number of nitrogens with one attached hydrogen (secondary N) is 1. The summed E-state index contributed by atoms with van der Waals surface area (Å²) in [6, 6.07) is 13.2. The molecule has 0 saturated heterocycles. The molecule has 2 aromatic carbocycles. The highest BCUT2D eigenvalue weighted by atomic mass is 16.5. The molecule has 1 aliphatic rings. The van der Waals surface area contributed by atoms with Gasteiger partial charge in [0.05, 0.1) is 17.5 Å². The van der Waals surface area contributed by atoms with Crippen molar-refractivity contribution in [3.63, 3.8) is 0 Å². The van der Waals surface area contributed by atoms with Crippen molar-refractivity contribution >= 4 is 23.2 Å². The third-order valence-electron chi connectivity index (χ3n) is 4.70. The maximum Gasteiger partial charge on any atom is 0.236 e. The van der Waals surface area contributed by atoms with Gasteiger partial charge in [0.25, 0.3) is 0 Å². The molecule has 5 nitrogen and oxygen atoms in total. The molecule has 0 bridgehead atoms. The average Bonchev–Trinajstić information content (AvgIpc) is 2.72. The summed E-state index contributed by atoms with van der Waals surface area (Å²) in [4.78, 5) is 27.1. The first-order valence-corrected chi connectivity index (χ1v) is 9.35. The number of anilines is 2. The van der Waals surface area contributed by atoms with Crippen LogP contribution < -0.4 is 15.0 Å². The smallest absolute Gasteiger partial charge is 0.236 e.